The van der Waals surface area contributed by atoms with Crippen molar-refractivity contribution >= 4 is 10.9 Å². The molecule has 1 fully saturated rings. The third kappa shape index (κ3) is 2.26. The van der Waals surface area contributed by atoms with Crippen LogP contribution in [-0.2, 0) is 6.18 Å². The number of fused-ring (bicyclic) bond motifs is 1. The van der Waals surface area contributed by atoms with Gasteiger partial charge in [-0.3, -0.25) is 0 Å². The highest BCUT2D eigenvalue weighted by atomic mass is 19.4. The zero-order valence-corrected chi connectivity index (χ0v) is 11.1. The van der Waals surface area contributed by atoms with Crippen molar-refractivity contribution in [2.45, 2.75) is 25.4 Å². The lowest BCUT2D eigenvalue weighted by atomic mass is 9.93. The molecular formula is C15H15F3N2. The zero-order valence-electron chi connectivity index (χ0n) is 11.1. The predicted octanol–water partition coefficient (Wildman–Crippen LogP) is 3.64. The molecule has 0 saturated carbocycles. The molecule has 1 aliphatic rings. The maximum atomic E-state index is 13.0. The number of hydrogen-bond acceptors (Lipinski definition) is 2. The molecule has 1 saturated heterocycles. The fourth-order valence-corrected chi connectivity index (χ4v) is 2.82. The van der Waals surface area contributed by atoms with E-state index < -0.39 is 11.9 Å². The molecular weight excluding hydrogens is 265 g/mol. The predicted molar refractivity (Wildman–Crippen MR) is 71.7 cm³/mol. The van der Waals surface area contributed by atoms with Crippen molar-refractivity contribution in [2.75, 3.05) is 13.1 Å². The van der Waals surface area contributed by atoms with Crippen LogP contribution in [0.4, 0.5) is 13.2 Å². The second kappa shape index (κ2) is 4.74. The van der Waals surface area contributed by atoms with Crippen molar-refractivity contribution in [1.82, 2.24) is 10.3 Å². The van der Waals surface area contributed by atoms with E-state index in [9.17, 15) is 13.2 Å². The number of halogens is 3. The summed E-state index contributed by atoms with van der Waals surface area (Å²) in [5.41, 5.74) is 1.21. The van der Waals surface area contributed by atoms with Crippen molar-refractivity contribution < 1.29 is 13.2 Å². The summed E-state index contributed by atoms with van der Waals surface area (Å²) < 4.78 is 39.1. The summed E-state index contributed by atoms with van der Waals surface area (Å²) in [6.45, 7) is 3.37. The molecule has 5 heteroatoms. The van der Waals surface area contributed by atoms with Crippen molar-refractivity contribution in [1.29, 1.82) is 0 Å². The van der Waals surface area contributed by atoms with E-state index in [2.05, 4.69) is 10.3 Å². The second-order valence-electron chi connectivity index (χ2n) is 5.26. The van der Waals surface area contributed by atoms with Crippen LogP contribution in [0, 0.1) is 6.92 Å². The Kier molecular flexibility index (Phi) is 3.17. The monoisotopic (exact) mass is 280 g/mol. The van der Waals surface area contributed by atoms with Gasteiger partial charge in [-0.25, -0.2) is 4.98 Å². The number of aryl methyl sites for hydroxylation is 1. The first-order valence-electron chi connectivity index (χ1n) is 6.65. The first kappa shape index (κ1) is 13.4. The Hall–Kier alpha value is -1.62. The fourth-order valence-electron chi connectivity index (χ4n) is 2.82. The van der Waals surface area contributed by atoms with Crippen LogP contribution in [-0.4, -0.2) is 18.1 Å². The molecule has 1 aromatic heterocycles. The Balaban J connectivity index is 2.27. The van der Waals surface area contributed by atoms with Gasteiger partial charge in [0.15, 0.2) is 0 Å². The highest BCUT2D eigenvalue weighted by molar-refractivity contribution is 5.85. The Morgan fingerprint density at radius 3 is 2.75 bits per heavy atom. The number of para-hydroxylation sites is 1. The maximum absolute atomic E-state index is 13.0. The number of aromatic nitrogens is 1. The lowest BCUT2D eigenvalue weighted by Crippen LogP contribution is -2.12. The smallest absolute Gasteiger partial charge is 0.316 e. The van der Waals surface area contributed by atoms with Crippen LogP contribution in [0.5, 0.6) is 0 Å². The van der Waals surface area contributed by atoms with Crippen LogP contribution in [0.25, 0.3) is 10.9 Å². The average molecular weight is 280 g/mol. The van der Waals surface area contributed by atoms with Crippen molar-refractivity contribution in [2.24, 2.45) is 0 Å². The van der Waals surface area contributed by atoms with E-state index >= 15 is 0 Å². The van der Waals surface area contributed by atoms with Gasteiger partial charge in [0.25, 0.3) is 0 Å². The molecule has 1 N–H and O–H groups in total. The molecule has 0 radical (unpaired) electrons. The third-order valence-electron chi connectivity index (χ3n) is 3.86. The lowest BCUT2D eigenvalue weighted by Gasteiger charge is -2.16. The Bertz CT molecular complexity index is 643. The van der Waals surface area contributed by atoms with Crippen LogP contribution in [0.1, 0.15) is 29.2 Å². The number of nitrogens with one attached hydrogen (secondary N) is 1. The first-order valence-corrected chi connectivity index (χ1v) is 6.65. The minimum absolute atomic E-state index is 0.128. The minimum atomic E-state index is -4.41. The van der Waals surface area contributed by atoms with E-state index in [1.54, 1.807) is 13.0 Å². The molecule has 1 aliphatic heterocycles. The summed E-state index contributed by atoms with van der Waals surface area (Å²) in [6.07, 6.45) is -3.54. The van der Waals surface area contributed by atoms with Gasteiger partial charge >= 0.3 is 6.18 Å². The molecule has 0 amide bonds. The van der Waals surface area contributed by atoms with Crippen molar-refractivity contribution in [3.63, 3.8) is 0 Å². The standard InChI is InChI=1S/C15H15F3N2/c1-9-3-2-4-11-12(10-5-6-19-8-10)7-13(15(16,17)18)20-14(9)11/h2-4,7,10,19H,5-6,8H2,1H3. The molecule has 2 aromatic rings. The maximum Gasteiger partial charge on any atom is 0.433 e. The Morgan fingerprint density at radius 1 is 1.30 bits per heavy atom. The van der Waals surface area contributed by atoms with Gasteiger partial charge in [0.2, 0.25) is 0 Å². The van der Waals surface area contributed by atoms with E-state index in [1.165, 1.54) is 6.07 Å². The molecule has 0 aliphatic carbocycles. The molecule has 2 nitrogen and oxygen atoms in total. The van der Waals surface area contributed by atoms with Crippen LogP contribution in [0.2, 0.25) is 0 Å². The van der Waals surface area contributed by atoms with Crippen LogP contribution < -0.4 is 5.32 Å². The topological polar surface area (TPSA) is 24.9 Å². The molecule has 0 spiro atoms. The number of hydrogen-bond donors (Lipinski definition) is 1. The molecule has 1 atom stereocenters. The molecule has 106 valence electrons. The van der Waals surface area contributed by atoms with Crippen LogP contribution in [0.15, 0.2) is 24.3 Å². The summed E-state index contributed by atoms with van der Waals surface area (Å²) >= 11 is 0. The number of rotatable bonds is 1. The normalized spacial score (nSPS) is 19.7. The molecule has 1 unspecified atom stereocenters. The fraction of sp³-hybridized carbons (Fsp3) is 0.400. The van der Waals surface area contributed by atoms with Crippen LogP contribution in [0.3, 0.4) is 0 Å². The summed E-state index contributed by atoms with van der Waals surface area (Å²) in [7, 11) is 0. The number of benzene rings is 1. The van der Waals surface area contributed by atoms with Gasteiger partial charge in [0.05, 0.1) is 5.52 Å². The Morgan fingerprint density at radius 2 is 2.10 bits per heavy atom. The summed E-state index contributed by atoms with van der Waals surface area (Å²) in [6, 6.07) is 6.76. The lowest BCUT2D eigenvalue weighted by molar-refractivity contribution is -0.141. The zero-order chi connectivity index (χ0) is 14.3. The van der Waals surface area contributed by atoms with Crippen molar-refractivity contribution in [3.05, 3.63) is 41.1 Å². The number of nitrogens with zero attached hydrogens (tertiary/aromatic N) is 1. The first-order chi connectivity index (χ1) is 9.47. The third-order valence-corrected chi connectivity index (χ3v) is 3.86. The molecule has 1 aromatic carbocycles. The largest absolute Gasteiger partial charge is 0.433 e. The van der Waals surface area contributed by atoms with E-state index in [0.717, 1.165) is 36.0 Å². The van der Waals surface area contributed by atoms with E-state index in [0.29, 0.717) is 5.52 Å². The highest BCUT2D eigenvalue weighted by Crippen LogP contribution is 2.35. The SMILES string of the molecule is Cc1cccc2c(C3CCNC3)cc(C(F)(F)F)nc12. The van der Waals surface area contributed by atoms with E-state index in [1.807, 2.05) is 12.1 Å². The number of pyridine rings is 1. The summed E-state index contributed by atoms with van der Waals surface area (Å²) in [5.74, 6) is 0.128. The van der Waals surface area contributed by atoms with Gasteiger partial charge in [0.1, 0.15) is 5.69 Å². The van der Waals surface area contributed by atoms with E-state index in [4.69, 9.17) is 0 Å². The molecule has 3 rings (SSSR count). The Labute approximate surface area is 115 Å². The number of alkyl halides is 3. The van der Waals surface area contributed by atoms with Gasteiger partial charge < -0.3 is 5.32 Å². The average Bonchev–Trinajstić information content (AvgIpc) is 2.91. The molecule has 0 bridgehead atoms. The molecule has 2 heterocycles. The van der Waals surface area contributed by atoms with Crippen molar-refractivity contribution in [3.8, 4) is 0 Å². The van der Waals surface area contributed by atoms with Gasteiger partial charge in [-0.05, 0) is 43.0 Å². The van der Waals surface area contributed by atoms with Gasteiger partial charge in [-0.15, -0.1) is 0 Å². The van der Waals surface area contributed by atoms with Gasteiger partial charge in [-0.1, -0.05) is 18.2 Å². The van der Waals surface area contributed by atoms with Crippen LogP contribution >= 0.6 is 0 Å². The molecule has 20 heavy (non-hydrogen) atoms. The van der Waals surface area contributed by atoms with Gasteiger partial charge in [0, 0.05) is 11.9 Å². The minimum Gasteiger partial charge on any atom is -0.316 e. The summed E-state index contributed by atoms with van der Waals surface area (Å²) in [4.78, 5) is 3.83. The van der Waals surface area contributed by atoms with E-state index in [-0.39, 0.29) is 5.92 Å². The highest BCUT2D eigenvalue weighted by Gasteiger charge is 2.34. The summed E-state index contributed by atoms with van der Waals surface area (Å²) in [5, 5.41) is 4.05. The van der Waals surface area contributed by atoms with Gasteiger partial charge in [-0.2, -0.15) is 13.2 Å². The quantitative estimate of drug-likeness (QED) is 0.862. The second-order valence-corrected chi connectivity index (χ2v) is 5.26.